The lowest BCUT2D eigenvalue weighted by Gasteiger charge is -2.38. The van der Waals surface area contributed by atoms with Gasteiger partial charge in [0.25, 0.3) is 0 Å². The van der Waals surface area contributed by atoms with Gasteiger partial charge < -0.3 is 5.32 Å². The summed E-state index contributed by atoms with van der Waals surface area (Å²) in [6, 6.07) is 0. The predicted molar refractivity (Wildman–Crippen MR) is 67.5 cm³/mol. The van der Waals surface area contributed by atoms with Crippen LogP contribution in [0, 0.1) is 11.3 Å². The summed E-state index contributed by atoms with van der Waals surface area (Å²) in [6.07, 6.45) is -2.36. The topological polar surface area (TPSA) is 15.3 Å². The summed E-state index contributed by atoms with van der Waals surface area (Å²) in [5.41, 5.74) is 0.000417. The molecule has 0 aromatic rings. The van der Waals surface area contributed by atoms with Crippen molar-refractivity contribution >= 4 is 0 Å². The van der Waals surface area contributed by atoms with E-state index in [0.29, 0.717) is 19.0 Å². The molecule has 0 aromatic carbocycles. The van der Waals surface area contributed by atoms with Gasteiger partial charge in [-0.3, -0.25) is 4.90 Å². The van der Waals surface area contributed by atoms with Crippen molar-refractivity contribution in [2.45, 2.75) is 39.8 Å². The van der Waals surface area contributed by atoms with E-state index in [4.69, 9.17) is 0 Å². The normalized spacial score (nSPS) is 25.3. The molecule has 0 bridgehead atoms. The molecule has 1 aliphatic rings. The van der Waals surface area contributed by atoms with Crippen molar-refractivity contribution in [3.8, 4) is 0 Å². The first kappa shape index (κ1) is 15.8. The molecule has 1 heterocycles. The Kier molecular flexibility index (Phi) is 5.46. The monoisotopic (exact) mass is 266 g/mol. The van der Waals surface area contributed by atoms with Crippen LogP contribution in [0.1, 0.15) is 33.6 Å². The van der Waals surface area contributed by atoms with Gasteiger partial charge in [0.05, 0.1) is 6.54 Å². The Hall–Kier alpha value is -0.290. The first-order valence-corrected chi connectivity index (χ1v) is 6.79. The molecule has 1 N–H and O–H groups in total. The highest BCUT2D eigenvalue weighted by Gasteiger charge is 2.40. The van der Waals surface area contributed by atoms with Crippen molar-refractivity contribution in [1.82, 2.24) is 10.2 Å². The van der Waals surface area contributed by atoms with Crippen molar-refractivity contribution in [1.29, 1.82) is 0 Å². The quantitative estimate of drug-likeness (QED) is 0.795. The van der Waals surface area contributed by atoms with Crippen LogP contribution < -0.4 is 5.32 Å². The summed E-state index contributed by atoms with van der Waals surface area (Å²) < 4.78 is 37.7. The molecule has 18 heavy (non-hydrogen) atoms. The average molecular weight is 266 g/mol. The fraction of sp³-hybridized carbons (Fsp3) is 1.00. The zero-order valence-corrected chi connectivity index (χ0v) is 11.6. The van der Waals surface area contributed by atoms with Crippen LogP contribution in [0.25, 0.3) is 0 Å². The Labute approximate surface area is 108 Å². The maximum Gasteiger partial charge on any atom is 0.401 e. The molecule has 1 atom stereocenters. The Bertz CT molecular complexity index is 245. The van der Waals surface area contributed by atoms with Gasteiger partial charge in [0.2, 0.25) is 0 Å². The van der Waals surface area contributed by atoms with Gasteiger partial charge in [0, 0.05) is 13.1 Å². The third-order valence-electron chi connectivity index (χ3n) is 3.98. The standard InChI is InChI=1S/C13H25F3N2/c1-4-7-18(10-13(14,15)16)9-12(11(2)3)5-6-17-8-12/h11,17H,4-10H2,1-3H3. The molecule has 108 valence electrons. The van der Waals surface area contributed by atoms with E-state index in [1.165, 1.54) is 0 Å². The molecular formula is C13H25F3N2. The highest BCUT2D eigenvalue weighted by atomic mass is 19.4. The van der Waals surface area contributed by atoms with Crippen molar-refractivity contribution in [3.05, 3.63) is 0 Å². The largest absolute Gasteiger partial charge is 0.401 e. The molecule has 1 rings (SSSR count). The number of alkyl halides is 3. The van der Waals surface area contributed by atoms with Crippen LogP contribution in [0.2, 0.25) is 0 Å². The highest BCUT2D eigenvalue weighted by Crippen LogP contribution is 2.35. The van der Waals surface area contributed by atoms with E-state index >= 15 is 0 Å². The number of halogens is 3. The van der Waals surface area contributed by atoms with Crippen molar-refractivity contribution in [2.75, 3.05) is 32.7 Å². The molecule has 1 fully saturated rings. The molecular weight excluding hydrogens is 241 g/mol. The fourth-order valence-corrected chi connectivity index (χ4v) is 2.80. The maximum atomic E-state index is 12.6. The van der Waals surface area contributed by atoms with Gasteiger partial charge in [-0.15, -0.1) is 0 Å². The van der Waals surface area contributed by atoms with Crippen LogP contribution in [0.15, 0.2) is 0 Å². The van der Waals surface area contributed by atoms with Crippen molar-refractivity contribution < 1.29 is 13.2 Å². The summed E-state index contributed by atoms with van der Waals surface area (Å²) in [5.74, 6) is 0.403. The van der Waals surface area contributed by atoms with Crippen molar-refractivity contribution in [2.24, 2.45) is 11.3 Å². The van der Waals surface area contributed by atoms with Gasteiger partial charge in [0.15, 0.2) is 0 Å². The fourth-order valence-electron chi connectivity index (χ4n) is 2.80. The molecule has 1 saturated heterocycles. The summed E-state index contributed by atoms with van der Waals surface area (Å²) in [5, 5.41) is 3.30. The molecule has 0 aliphatic carbocycles. The Morgan fingerprint density at radius 3 is 2.39 bits per heavy atom. The number of hydrogen-bond acceptors (Lipinski definition) is 2. The van der Waals surface area contributed by atoms with Crippen LogP contribution in [0.4, 0.5) is 13.2 Å². The van der Waals surface area contributed by atoms with Crippen LogP contribution in [0.3, 0.4) is 0 Å². The van der Waals surface area contributed by atoms with Crippen LogP contribution in [0.5, 0.6) is 0 Å². The van der Waals surface area contributed by atoms with Gasteiger partial charge in [-0.1, -0.05) is 20.8 Å². The van der Waals surface area contributed by atoms with Gasteiger partial charge >= 0.3 is 6.18 Å². The SMILES string of the molecule is CCCN(CC(F)(F)F)CC1(C(C)C)CCNC1. The Morgan fingerprint density at radius 1 is 1.33 bits per heavy atom. The molecule has 0 aromatic heterocycles. The first-order chi connectivity index (χ1) is 8.29. The second-order valence-electron chi connectivity index (χ2n) is 5.77. The van der Waals surface area contributed by atoms with E-state index in [2.05, 4.69) is 19.2 Å². The minimum atomic E-state index is -4.10. The molecule has 0 radical (unpaired) electrons. The van der Waals surface area contributed by atoms with Crippen molar-refractivity contribution in [3.63, 3.8) is 0 Å². The van der Waals surface area contributed by atoms with Crippen LogP contribution in [-0.2, 0) is 0 Å². The van der Waals surface area contributed by atoms with Crippen LogP contribution in [-0.4, -0.2) is 43.8 Å². The predicted octanol–water partition coefficient (Wildman–Crippen LogP) is 2.90. The third-order valence-corrected chi connectivity index (χ3v) is 3.98. The minimum Gasteiger partial charge on any atom is -0.316 e. The zero-order valence-electron chi connectivity index (χ0n) is 11.6. The Balaban J connectivity index is 2.68. The Morgan fingerprint density at radius 2 is 2.00 bits per heavy atom. The van der Waals surface area contributed by atoms with E-state index in [9.17, 15) is 13.2 Å². The smallest absolute Gasteiger partial charge is 0.316 e. The molecule has 1 unspecified atom stereocenters. The van der Waals surface area contributed by atoms with E-state index in [1.807, 2.05) is 6.92 Å². The van der Waals surface area contributed by atoms with Gasteiger partial charge in [-0.05, 0) is 37.3 Å². The molecule has 5 heteroatoms. The molecule has 0 saturated carbocycles. The second kappa shape index (κ2) is 6.24. The number of nitrogens with zero attached hydrogens (tertiary/aromatic N) is 1. The highest BCUT2D eigenvalue weighted by molar-refractivity contribution is 4.93. The van der Waals surface area contributed by atoms with E-state index in [-0.39, 0.29) is 5.41 Å². The van der Waals surface area contributed by atoms with E-state index in [1.54, 1.807) is 4.90 Å². The van der Waals surface area contributed by atoms with Gasteiger partial charge in [-0.2, -0.15) is 13.2 Å². The molecule has 1 aliphatic heterocycles. The minimum absolute atomic E-state index is 0.000417. The molecule has 0 amide bonds. The van der Waals surface area contributed by atoms with Gasteiger partial charge in [0.1, 0.15) is 0 Å². The zero-order chi connectivity index (χ0) is 13.8. The summed E-state index contributed by atoms with van der Waals surface area (Å²) >= 11 is 0. The number of hydrogen-bond donors (Lipinski definition) is 1. The number of rotatable bonds is 6. The van der Waals surface area contributed by atoms with E-state index < -0.39 is 12.7 Å². The molecule has 0 spiro atoms. The summed E-state index contributed by atoms with van der Waals surface area (Å²) in [6.45, 7) is 8.20. The van der Waals surface area contributed by atoms with E-state index in [0.717, 1.165) is 25.9 Å². The first-order valence-electron chi connectivity index (χ1n) is 6.79. The van der Waals surface area contributed by atoms with Gasteiger partial charge in [-0.25, -0.2) is 0 Å². The molecule has 2 nitrogen and oxygen atoms in total. The third kappa shape index (κ3) is 4.43. The number of nitrogens with one attached hydrogen (secondary N) is 1. The second-order valence-corrected chi connectivity index (χ2v) is 5.77. The maximum absolute atomic E-state index is 12.6. The van der Waals surface area contributed by atoms with Crippen LogP contribution >= 0.6 is 0 Å². The summed E-state index contributed by atoms with van der Waals surface area (Å²) in [7, 11) is 0. The lowest BCUT2D eigenvalue weighted by molar-refractivity contribution is -0.149. The summed E-state index contributed by atoms with van der Waals surface area (Å²) in [4.78, 5) is 1.58. The lowest BCUT2D eigenvalue weighted by Crippen LogP contribution is -2.46. The average Bonchev–Trinajstić information content (AvgIpc) is 2.65. The lowest BCUT2D eigenvalue weighted by atomic mass is 9.76.